The third-order valence-corrected chi connectivity index (χ3v) is 7.32. The van der Waals surface area contributed by atoms with Gasteiger partial charge in [-0.3, -0.25) is 4.79 Å². The minimum atomic E-state index is -3.36. The first kappa shape index (κ1) is 20.1. The van der Waals surface area contributed by atoms with Crippen LogP contribution in [0.25, 0.3) is 0 Å². The van der Waals surface area contributed by atoms with Crippen molar-refractivity contribution in [1.29, 1.82) is 0 Å². The molecule has 0 radical (unpaired) electrons. The summed E-state index contributed by atoms with van der Waals surface area (Å²) in [5.74, 6) is 1.12. The number of fused-ring (bicyclic) bond motifs is 1. The van der Waals surface area contributed by atoms with E-state index in [1.807, 2.05) is 10.6 Å². The highest BCUT2D eigenvalue weighted by atomic mass is 32.2. The summed E-state index contributed by atoms with van der Waals surface area (Å²) in [5.41, 5.74) is 1.91. The number of pyridine rings is 1. The molecule has 3 aliphatic rings. The molecule has 7 heteroatoms. The fourth-order valence-corrected chi connectivity index (χ4v) is 5.61. The van der Waals surface area contributed by atoms with Gasteiger partial charge in [-0.15, -0.1) is 0 Å². The topological polar surface area (TPSA) is 77.4 Å². The third-order valence-electron chi connectivity index (χ3n) is 6.59. The first-order chi connectivity index (χ1) is 13.3. The summed E-state index contributed by atoms with van der Waals surface area (Å²) in [5, 5.41) is 0. The maximum absolute atomic E-state index is 13.2. The van der Waals surface area contributed by atoms with E-state index in [0.717, 1.165) is 42.9 Å². The molecule has 1 aromatic heterocycles. The Kier molecular flexibility index (Phi) is 5.69. The summed E-state index contributed by atoms with van der Waals surface area (Å²) in [6.45, 7) is 2.66. The maximum Gasteiger partial charge on any atom is 0.254 e. The number of hydrogen-bond acceptors (Lipinski definition) is 4. The lowest BCUT2D eigenvalue weighted by molar-refractivity contribution is -0.00539. The zero-order chi connectivity index (χ0) is 19.9. The molecule has 1 aliphatic heterocycles. The Morgan fingerprint density at radius 2 is 1.82 bits per heavy atom. The van der Waals surface area contributed by atoms with E-state index in [-0.39, 0.29) is 23.7 Å². The smallest absolute Gasteiger partial charge is 0.254 e. The second-order valence-electron chi connectivity index (χ2n) is 9.05. The Bertz CT molecular complexity index is 867. The van der Waals surface area contributed by atoms with Gasteiger partial charge in [-0.1, -0.05) is 13.0 Å². The number of ether oxygens (including phenoxy) is 1. The molecule has 2 atom stereocenters. The van der Waals surface area contributed by atoms with Gasteiger partial charge < -0.3 is 9.30 Å². The van der Waals surface area contributed by atoms with Gasteiger partial charge in [0, 0.05) is 17.3 Å². The first-order valence-corrected chi connectivity index (χ1v) is 12.5. The zero-order valence-corrected chi connectivity index (χ0v) is 17.7. The highest BCUT2D eigenvalue weighted by molar-refractivity contribution is 7.88. The Hall–Kier alpha value is -1.18. The molecule has 2 saturated carbocycles. The van der Waals surface area contributed by atoms with Crippen molar-refractivity contribution in [2.75, 3.05) is 12.9 Å². The van der Waals surface area contributed by atoms with E-state index in [2.05, 4.69) is 17.7 Å². The van der Waals surface area contributed by atoms with Gasteiger partial charge in [0.1, 0.15) is 0 Å². The zero-order valence-electron chi connectivity index (χ0n) is 16.9. The second-order valence-corrected chi connectivity index (χ2v) is 10.8. The number of nitrogens with one attached hydrogen (secondary N) is 1. The summed E-state index contributed by atoms with van der Waals surface area (Å²) >= 11 is 0. The van der Waals surface area contributed by atoms with Crippen molar-refractivity contribution >= 4 is 10.0 Å². The summed E-state index contributed by atoms with van der Waals surface area (Å²) in [6.07, 6.45) is 9.35. The highest BCUT2D eigenvalue weighted by Crippen LogP contribution is 2.39. The van der Waals surface area contributed by atoms with E-state index >= 15 is 0 Å². The molecule has 6 nitrogen and oxygen atoms in total. The number of aromatic nitrogens is 1. The molecular formula is C21H32N2O4S. The van der Waals surface area contributed by atoms with Gasteiger partial charge in [0.15, 0.2) is 0 Å². The summed E-state index contributed by atoms with van der Waals surface area (Å²) in [7, 11) is -3.36. The van der Waals surface area contributed by atoms with Crippen LogP contribution in [0, 0.1) is 5.92 Å². The average molecular weight is 409 g/mol. The molecule has 28 heavy (non-hydrogen) atoms. The molecule has 2 unspecified atom stereocenters. The van der Waals surface area contributed by atoms with E-state index in [0.29, 0.717) is 25.4 Å². The lowest BCUT2D eigenvalue weighted by Crippen LogP contribution is -2.49. The van der Waals surface area contributed by atoms with Gasteiger partial charge in [-0.25, -0.2) is 13.1 Å². The van der Waals surface area contributed by atoms with Crippen molar-refractivity contribution in [3.63, 3.8) is 0 Å². The van der Waals surface area contributed by atoms with E-state index in [4.69, 9.17) is 4.74 Å². The van der Waals surface area contributed by atoms with Crippen molar-refractivity contribution in [2.45, 2.75) is 82.4 Å². The fraction of sp³-hybridized carbons (Fsp3) is 0.762. The molecule has 0 saturated heterocycles. The largest absolute Gasteiger partial charge is 0.376 e. The quantitative estimate of drug-likeness (QED) is 0.785. The average Bonchev–Trinajstić information content (AvgIpc) is 3.46. The molecule has 156 valence electrons. The Balaban J connectivity index is 1.60. The second kappa shape index (κ2) is 7.92. The van der Waals surface area contributed by atoms with Crippen molar-refractivity contribution in [1.82, 2.24) is 9.29 Å². The molecule has 1 aromatic rings. The number of aryl methyl sites for hydroxylation is 1. The normalized spacial score (nSPS) is 30.8. The van der Waals surface area contributed by atoms with Crippen LogP contribution < -0.4 is 10.3 Å². The predicted molar refractivity (Wildman–Crippen MR) is 109 cm³/mol. The van der Waals surface area contributed by atoms with Crippen LogP contribution in [-0.4, -0.2) is 38.0 Å². The molecule has 0 aromatic carbocycles. The molecular weight excluding hydrogens is 376 g/mol. The standard InChI is InChI=1S/C21H32N2O4S/c1-14-3-9-17(10-4-14)27-13-20-19(22-28(2,25)26)12-8-16-7-11-18(15-5-6-15)21(24)23(16)20/h7,11,14-15,17,19-20,22H,3-6,8-10,12-13H2,1-2H3. The Morgan fingerprint density at radius 3 is 2.46 bits per heavy atom. The van der Waals surface area contributed by atoms with Gasteiger partial charge in [0.25, 0.3) is 5.56 Å². The van der Waals surface area contributed by atoms with Crippen LogP contribution in [0.15, 0.2) is 16.9 Å². The molecule has 0 spiro atoms. The molecule has 2 aliphatic carbocycles. The van der Waals surface area contributed by atoms with Gasteiger partial charge in [0.2, 0.25) is 10.0 Å². The van der Waals surface area contributed by atoms with E-state index in [9.17, 15) is 13.2 Å². The SMILES string of the molecule is CC1CCC(OCC2C(NS(C)(=O)=O)CCc3ccc(C4CC4)c(=O)n32)CC1. The number of rotatable bonds is 6. The number of nitrogens with zero attached hydrogens (tertiary/aromatic N) is 1. The molecule has 1 N–H and O–H groups in total. The van der Waals surface area contributed by atoms with Crippen LogP contribution >= 0.6 is 0 Å². The van der Waals surface area contributed by atoms with Crippen molar-refractivity contribution in [3.05, 3.63) is 33.7 Å². The van der Waals surface area contributed by atoms with Crippen LogP contribution in [-0.2, 0) is 21.2 Å². The molecule has 2 heterocycles. The van der Waals surface area contributed by atoms with Crippen LogP contribution in [0.3, 0.4) is 0 Å². The first-order valence-electron chi connectivity index (χ1n) is 10.6. The van der Waals surface area contributed by atoms with Gasteiger partial charge >= 0.3 is 0 Å². The summed E-state index contributed by atoms with van der Waals surface area (Å²) in [6, 6.07) is 3.44. The van der Waals surface area contributed by atoms with Crippen LogP contribution in [0.5, 0.6) is 0 Å². The predicted octanol–water partition coefficient (Wildman–Crippen LogP) is 2.73. The minimum Gasteiger partial charge on any atom is -0.376 e. The lowest BCUT2D eigenvalue weighted by atomic mass is 9.89. The van der Waals surface area contributed by atoms with Gasteiger partial charge in [-0.05, 0) is 69.3 Å². The van der Waals surface area contributed by atoms with Crippen LogP contribution in [0.2, 0.25) is 0 Å². The fourth-order valence-electron chi connectivity index (χ4n) is 4.79. The molecule has 2 fully saturated rings. The number of hydrogen-bond donors (Lipinski definition) is 1. The van der Waals surface area contributed by atoms with Crippen molar-refractivity contribution in [2.24, 2.45) is 5.92 Å². The van der Waals surface area contributed by atoms with E-state index < -0.39 is 10.0 Å². The van der Waals surface area contributed by atoms with Crippen molar-refractivity contribution in [3.8, 4) is 0 Å². The van der Waals surface area contributed by atoms with Crippen LogP contribution in [0.4, 0.5) is 0 Å². The van der Waals surface area contributed by atoms with E-state index in [1.54, 1.807) is 0 Å². The Morgan fingerprint density at radius 1 is 1.11 bits per heavy atom. The van der Waals surface area contributed by atoms with E-state index in [1.165, 1.54) is 19.1 Å². The monoisotopic (exact) mass is 408 g/mol. The lowest BCUT2D eigenvalue weighted by Gasteiger charge is -2.37. The number of sulfonamides is 1. The minimum absolute atomic E-state index is 0.0471. The van der Waals surface area contributed by atoms with Gasteiger partial charge in [0.05, 0.1) is 25.0 Å². The van der Waals surface area contributed by atoms with Crippen LogP contribution in [0.1, 0.15) is 75.1 Å². The van der Waals surface area contributed by atoms with Crippen molar-refractivity contribution < 1.29 is 13.2 Å². The molecule has 0 bridgehead atoms. The Labute approximate surface area is 167 Å². The molecule has 4 rings (SSSR count). The maximum atomic E-state index is 13.2. The third kappa shape index (κ3) is 4.52. The summed E-state index contributed by atoms with van der Waals surface area (Å²) in [4.78, 5) is 13.2. The molecule has 0 amide bonds. The van der Waals surface area contributed by atoms with Gasteiger partial charge in [-0.2, -0.15) is 0 Å². The summed E-state index contributed by atoms with van der Waals surface area (Å²) < 4.78 is 34.7. The highest BCUT2D eigenvalue weighted by Gasteiger charge is 2.35.